The van der Waals surface area contributed by atoms with E-state index in [9.17, 15) is 9.59 Å². The molecule has 5 rings (SSSR count). The topological polar surface area (TPSA) is 68.3 Å². The van der Waals surface area contributed by atoms with Gasteiger partial charge in [-0.15, -0.1) is 0 Å². The molecule has 1 atom stereocenters. The number of carbonyl (C=O) groups is 2. The molecule has 0 bridgehead atoms. The van der Waals surface area contributed by atoms with E-state index in [4.69, 9.17) is 14.2 Å². The third-order valence-corrected chi connectivity index (χ3v) is 6.42. The Labute approximate surface area is 204 Å². The smallest absolute Gasteiger partial charge is 0.415 e. The zero-order valence-corrected chi connectivity index (χ0v) is 19.7. The molecule has 2 aliphatic rings. The van der Waals surface area contributed by atoms with Crippen molar-refractivity contribution in [2.45, 2.75) is 13.0 Å². The molecule has 2 amide bonds. The summed E-state index contributed by atoms with van der Waals surface area (Å²) in [4.78, 5) is 28.2. The van der Waals surface area contributed by atoms with Crippen LogP contribution in [-0.2, 0) is 14.3 Å². The number of hydrogen-bond donors (Lipinski definition) is 0. The summed E-state index contributed by atoms with van der Waals surface area (Å²) < 4.78 is 16.6. The van der Waals surface area contributed by atoms with Crippen LogP contribution < -0.4 is 9.64 Å². The summed E-state index contributed by atoms with van der Waals surface area (Å²) in [6.45, 7) is 4.83. The maximum atomic E-state index is 12.6. The summed E-state index contributed by atoms with van der Waals surface area (Å²) in [6.07, 6.45) is -0.738. The van der Waals surface area contributed by atoms with Crippen LogP contribution in [0.3, 0.4) is 0 Å². The van der Waals surface area contributed by atoms with Crippen molar-refractivity contribution < 1.29 is 23.8 Å². The lowest BCUT2D eigenvalue weighted by Crippen LogP contribution is -2.42. The number of aryl methyl sites for hydroxylation is 1. The van der Waals surface area contributed by atoms with Crippen molar-refractivity contribution in [1.82, 2.24) is 4.90 Å². The number of nitrogens with zero attached hydrogens (tertiary/aromatic N) is 2. The minimum absolute atomic E-state index is 0.00988. The summed E-state index contributed by atoms with van der Waals surface area (Å²) >= 11 is 0. The molecule has 2 saturated heterocycles. The molecule has 180 valence electrons. The van der Waals surface area contributed by atoms with E-state index < -0.39 is 0 Å². The largest absolute Gasteiger partial charge is 0.484 e. The molecule has 1 unspecified atom stereocenters. The maximum Gasteiger partial charge on any atom is 0.415 e. The molecule has 2 fully saturated rings. The lowest BCUT2D eigenvalue weighted by Gasteiger charge is -2.26. The van der Waals surface area contributed by atoms with Gasteiger partial charge in [0.15, 0.2) is 6.61 Å². The Balaban J connectivity index is 1.19. The van der Waals surface area contributed by atoms with Crippen LogP contribution in [0.2, 0.25) is 0 Å². The number of anilines is 1. The molecule has 7 heteroatoms. The fourth-order valence-electron chi connectivity index (χ4n) is 4.39. The van der Waals surface area contributed by atoms with Crippen LogP contribution in [0.4, 0.5) is 10.5 Å². The highest BCUT2D eigenvalue weighted by Crippen LogP contribution is 2.32. The molecular weight excluding hydrogens is 444 g/mol. The van der Waals surface area contributed by atoms with Gasteiger partial charge in [-0.05, 0) is 53.4 Å². The minimum Gasteiger partial charge on any atom is -0.484 e. The van der Waals surface area contributed by atoms with E-state index in [0.717, 1.165) is 16.8 Å². The number of morpholine rings is 1. The second-order valence-electron chi connectivity index (χ2n) is 8.70. The van der Waals surface area contributed by atoms with Gasteiger partial charge in [0, 0.05) is 18.8 Å². The van der Waals surface area contributed by atoms with Crippen LogP contribution in [0.25, 0.3) is 11.1 Å². The Hall–Kier alpha value is -3.84. The predicted molar refractivity (Wildman–Crippen MR) is 133 cm³/mol. The number of cyclic esters (lactones) is 1. The summed E-state index contributed by atoms with van der Waals surface area (Å²) in [5, 5.41) is 0. The second-order valence-corrected chi connectivity index (χ2v) is 8.70. The number of carbonyl (C=O) groups excluding carboxylic acids is 2. The molecule has 0 aromatic heterocycles. The summed E-state index contributed by atoms with van der Waals surface area (Å²) in [5.41, 5.74) is 5.17. The predicted octanol–water partition coefficient (Wildman–Crippen LogP) is 4.60. The molecule has 2 heterocycles. The van der Waals surface area contributed by atoms with E-state index in [1.54, 1.807) is 21.9 Å². The van der Waals surface area contributed by atoms with Crippen molar-refractivity contribution in [3.05, 3.63) is 83.9 Å². The van der Waals surface area contributed by atoms with Gasteiger partial charge in [-0.25, -0.2) is 4.79 Å². The van der Waals surface area contributed by atoms with Gasteiger partial charge in [0.05, 0.1) is 19.8 Å². The van der Waals surface area contributed by atoms with Crippen LogP contribution in [0.15, 0.2) is 72.8 Å². The molecule has 0 saturated carbocycles. The first kappa shape index (κ1) is 22.9. The molecule has 2 aliphatic heterocycles. The number of ether oxygens (including phenoxy) is 3. The molecule has 0 N–H and O–H groups in total. The quantitative estimate of drug-likeness (QED) is 0.525. The van der Waals surface area contributed by atoms with Crippen molar-refractivity contribution in [3.63, 3.8) is 0 Å². The molecule has 35 heavy (non-hydrogen) atoms. The highest BCUT2D eigenvalue weighted by atomic mass is 16.6. The van der Waals surface area contributed by atoms with Crippen LogP contribution in [-0.4, -0.2) is 56.4 Å². The van der Waals surface area contributed by atoms with E-state index in [0.29, 0.717) is 38.6 Å². The van der Waals surface area contributed by atoms with Crippen molar-refractivity contribution in [2.75, 3.05) is 44.4 Å². The van der Waals surface area contributed by atoms with E-state index in [1.165, 1.54) is 11.1 Å². The molecule has 0 aliphatic carbocycles. The average Bonchev–Trinajstić information content (AvgIpc) is 3.30. The van der Waals surface area contributed by atoms with Crippen molar-refractivity contribution in [2.24, 2.45) is 0 Å². The van der Waals surface area contributed by atoms with Crippen LogP contribution in [0, 0.1) is 6.92 Å². The summed E-state index contributed by atoms with van der Waals surface area (Å²) in [5.74, 6) is 0.550. The molecule has 3 aromatic carbocycles. The SMILES string of the molecule is Cc1ccccc1-c1ccc(N2CC(c3ccc(OCC(=O)N4CCOCC4)cc3)OC2=O)cc1. The Morgan fingerprint density at radius 1 is 0.971 bits per heavy atom. The second kappa shape index (κ2) is 10.2. The van der Waals surface area contributed by atoms with Gasteiger partial charge in [-0.2, -0.15) is 0 Å². The molecule has 0 spiro atoms. The van der Waals surface area contributed by atoms with E-state index in [2.05, 4.69) is 19.1 Å². The van der Waals surface area contributed by atoms with Gasteiger partial charge in [-0.1, -0.05) is 48.5 Å². The van der Waals surface area contributed by atoms with Gasteiger partial charge in [0.2, 0.25) is 0 Å². The third-order valence-electron chi connectivity index (χ3n) is 6.42. The minimum atomic E-state index is -0.373. The van der Waals surface area contributed by atoms with Crippen LogP contribution >= 0.6 is 0 Å². The van der Waals surface area contributed by atoms with Crippen LogP contribution in [0.5, 0.6) is 5.75 Å². The summed E-state index contributed by atoms with van der Waals surface area (Å²) in [7, 11) is 0. The number of rotatable bonds is 6. The highest BCUT2D eigenvalue weighted by molar-refractivity contribution is 5.90. The lowest BCUT2D eigenvalue weighted by atomic mass is 10.0. The molecule has 3 aromatic rings. The Morgan fingerprint density at radius 3 is 2.40 bits per heavy atom. The normalized spacial score (nSPS) is 17.9. The van der Waals surface area contributed by atoms with E-state index in [-0.39, 0.29) is 24.7 Å². The number of benzene rings is 3. The van der Waals surface area contributed by atoms with Gasteiger partial charge < -0.3 is 19.1 Å². The fraction of sp³-hybridized carbons (Fsp3) is 0.286. The van der Waals surface area contributed by atoms with Gasteiger partial charge >= 0.3 is 6.09 Å². The highest BCUT2D eigenvalue weighted by Gasteiger charge is 2.33. The van der Waals surface area contributed by atoms with Gasteiger partial charge in [0.1, 0.15) is 11.9 Å². The zero-order chi connectivity index (χ0) is 24.2. The average molecular weight is 473 g/mol. The third kappa shape index (κ3) is 5.15. The molecule has 7 nitrogen and oxygen atoms in total. The van der Waals surface area contributed by atoms with Crippen molar-refractivity contribution >= 4 is 17.7 Å². The Bertz CT molecular complexity index is 1190. The van der Waals surface area contributed by atoms with E-state index >= 15 is 0 Å². The summed E-state index contributed by atoms with van der Waals surface area (Å²) in [6, 6.07) is 23.5. The first-order chi connectivity index (χ1) is 17.1. The molecular formula is C28H28N2O5. The first-order valence-corrected chi connectivity index (χ1v) is 11.8. The van der Waals surface area contributed by atoms with Gasteiger partial charge in [0.25, 0.3) is 5.91 Å². The van der Waals surface area contributed by atoms with Gasteiger partial charge in [-0.3, -0.25) is 9.69 Å². The van der Waals surface area contributed by atoms with Crippen molar-refractivity contribution in [3.8, 4) is 16.9 Å². The number of amides is 2. The maximum absolute atomic E-state index is 12.6. The van der Waals surface area contributed by atoms with Crippen LogP contribution in [0.1, 0.15) is 17.2 Å². The number of hydrogen-bond acceptors (Lipinski definition) is 5. The standard InChI is InChI=1S/C28H28N2O5/c1-20-4-2-3-5-25(20)21-6-10-23(11-7-21)30-18-26(35-28(30)32)22-8-12-24(13-9-22)34-19-27(31)29-14-16-33-17-15-29/h2-13,26H,14-19H2,1H3. The van der Waals surface area contributed by atoms with Crippen molar-refractivity contribution in [1.29, 1.82) is 0 Å². The van der Waals surface area contributed by atoms with E-state index in [1.807, 2.05) is 48.5 Å². The first-order valence-electron chi connectivity index (χ1n) is 11.8. The molecule has 0 radical (unpaired) electrons. The Kier molecular flexibility index (Phi) is 6.68. The zero-order valence-electron chi connectivity index (χ0n) is 19.7. The monoisotopic (exact) mass is 472 g/mol. The lowest BCUT2D eigenvalue weighted by molar-refractivity contribution is -0.137. The fourth-order valence-corrected chi connectivity index (χ4v) is 4.39. The Morgan fingerprint density at radius 2 is 1.69 bits per heavy atom.